The number of halogens is 3. The Morgan fingerprint density at radius 2 is 1.68 bits per heavy atom. The molecule has 0 radical (unpaired) electrons. The van der Waals surface area contributed by atoms with Gasteiger partial charge in [-0.2, -0.15) is 13.2 Å². The molecular weight excluding hydrogens is 253 g/mol. The standard InChI is InChI=1S/C14H9F3N2/c15-14(16,17)11-6-2-1-5-10(11)13-12-7-3-4-8-19(12)9-18-13/h1-9H. The van der Waals surface area contributed by atoms with Crippen molar-refractivity contribution < 1.29 is 13.2 Å². The van der Waals surface area contributed by atoms with Gasteiger partial charge in [-0.05, 0) is 18.2 Å². The van der Waals surface area contributed by atoms with E-state index >= 15 is 0 Å². The molecule has 0 unspecified atom stereocenters. The minimum Gasteiger partial charge on any atom is -0.306 e. The molecule has 19 heavy (non-hydrogen) atoms. The molecule has 0 fully saturated rings. The highest BCUT2D eigenvalue weighted by Crippen LogP contribution is 2.37. The predicted molar refractivity (Wildman–Crippen MR) is 65.6 cm³/mol. The number of imidazole rings is 1. The number of hydrogen-bond donors (Lipinski definition) is 0. The van der Waals surface area contributed by atoms with Crippen molar-refractivity contribution in [1.82, 2.24) is 9.38 Å². The highest BCUT2D eigenvalue weighted by molar-refractivity contribution is 5.79. The molecule has 96 valence electrons. The molecule has 3 aromatic rings. The zero-order valence-corrected chi connectivity index (χ0v) is 9.72. The van der Waals surface area contributed by atoms with E-state index in [-0.39, 0.29) is 5.56 Å². The maximum absolute atomic E-state index is 13.0. The van der Waals surface area contributed by atoms with Gasteiger partial charge in [0.2, 0.25) is 0 Å². The second-order valence-corrected chi connectivity index (χ2v) is 4.13. The molecule has 0 bridgehead atoms. The fourth-order valence-electron chi connectivity index (χ4n) is 2.09. The van der Waals surface area contributed by atoms with E-state index in [0.29, 0.717) is 11.2 Å². The predicted octanol–water partition coefficient (Wildman–Crippen LogP) is 4.02. The average molecular weight is 262 g/mol. The summed E-state index contributed by atoms with van der Waals surface area (Å²) in [6, 6.07) is 10.8. The van der Waals surface area contributed by atoms with Gasteiger partial charge < -0.3 is 4.40 Å². The van der Waals surface area contributed by atoms with Crippen molar-refractivity contribution in [2.45, 2.75) is 6.18 Å². The van der Waals surface area contributed by atoms with Crippen molar-refractivity contribution in [2.75, 3.05) is 0 Å². The van der Waals surface area contributed by atoms with E-state index in [2.05, 4.69) is 4.98 Å². The van der Waals surface area contributed by atoms with Crippen molar-refractivity contribution in [3.63, 3.8) is 0 Å². The first-order valence-corrected chi connectivity index (χ1v) is 5.65. The smallest absolute Gasteiger partial charge is 0.306 e. The second kappa shape index (κ2) is 4.12. The first-order chi connectivity index (χ1) is 9.07. The van der Waals surface area contributed by atoms with Gasteiger partial charge in [-0.15, -0.1) is 0 Å². The molecule has 2 nitrogen and oxygen atoms in total. The van der Waals surface area contributed by atoms with Gasteiger partial charge in [0.15, 0.2) is 0 Å². The third kappa shape index (κ3) is 1.97. The minimum absolute atomic E-state index is 0.101. The largest absolute Gasteiger partial charge is 0.417 e. The Kier molecular flexibility index (Phi) is 2.55. The molecule has 0 atom stereocenters. The Balaban J connectivity index is 2.28. The minimum atomic E-state index is -4.39. The van der Waals surface area contributed by atoms with Gasteiger partial charge in [-0.3, -0.25) is 0 Å². The van der Waals surface area contributed by atoms with Crippen LogP contribution in [0.1, 0.15) is 5.56 Å². The summed E-state index contributed by atoms with van der Waals surface area (Å²) in [7, 11) is 0. The van der Waals surface area contributed by atoms with E-state index < -0.39 is 11.7 Å². The summed E-state index contributed by atoms with van der Waals surface area (Å²) in [4.78, 5) is 4.10. The Bertz CT molecular complexity index is 729. The van der Waals surface area contributed by atoms with Crippen molar-refractivity contribution >= 4 is 5.52 Å². The van der Waals surface area contributed by atoms with E-state index in [9.17, 15) is 13.2 Å². The monoisotopic (exact) mass is 262 g/mol. The molecule has 0 aliphatic heterocycles. The zero-order valence-electron chi connectivity index (χ0n) is 9.72. The molecular formula is C14H9F3N2. The van der Waals surface area contributed by atoms with E-state index in [0.717, 1.165) is 6.07 Å². The molecule has 0 aliphatic carbocycles. The third-order valence-corrected chi connectivity index (χ3v) is 2.93. The average Bonchev–Trinajstić information content (AvgIpc) is 2.81. The van der Waals surface area contributed by atoms with Gasteiger partial charge in [-0.25, -0.2) is 4.98 Å². The Morgan fingerprint density at radius 1 is 0.947 bits per heavy atom. The van der Waals surface area contributed by atoms with Crippen LogP contribution in [0.4, 0.5) is 13.2 Å². The first kappa shape index (κ1) is 11.8. The second-order valence-electron chi connectivity index (χ2n) is 4.13. The number of pyridine rings is 1. The van der Waals surface area contributed by atoms with Gasteiger partial charge in [0.05, 0.1) is 23.1 Å². The van der Waals surface area contributed by atoms with Crippen molar-refractivity contribution in [3.8, 4) is 11.3 Å². The highest BCUT2D eigenvalue weighted by atomic mass is 19.4. The van der Waals surface area contributed by atoms with Crippen LogP contribution < -0.4 is 0 Å². The first-order valence-electron chi connectivity index (χ1n) is 5.65. The maximum atomic E-state index is 13.0. The Hall–Kier alpha value is -2.30. The van der Waals surface area contributed by atoms with Crippen molar-refractivity contribution in [1.29, 1.82) is 0 Å². The lowest BCUT2D eigenvalue weighted by molar-refractivity contribution is -0.137. The van der Waals surface area contributed by atoms with Crippen LogP contribution in [-0.2, 0) is 6.18 Å². The Morgan fingerprint density at radius 3 is 2.47 bits per heavy atom. The number of fused-ring (bicyclic) bond motifs is 1. The maximum Gasteiger partial charge on any atom is 0.417 e. The van der Waals surface area contributed by atoms with Gasteiger partial charge in [0.25, 0.3) is 0 Å². The van der Waals surface area contributed by atoms with Gasteiger partial charge in [-0.1, -0.05) is 24.3 Å². The van der Waals surface area contributed by atoms with Crippen LogP contribution in [0.15, 0.2) is 55.0 Å². The normalized spacial score (nSPS) is 11.9. The number of rotatable bonds is 1. The number of benzene rings is 1. The van der Waals surface area contributed by atoms with Crippen LogP contribution in [0.5, 0.6) is 0 Å². The van der Waals surface area contributed by atoms with E-state index in [1.165, 1.54) is 18.5 Å². The van der Waals surface area contributed by atoms with Gasteiger partial charge >= 0.3 is 6.18 Å². The highest BCUT2D eigenvalue weighted by Gasteiger charge is 2.34. The lowest BCUT2D eigenvalue weighted by Crippen LogP contribution is -2.07. The summed E-state index contributed by atoms with van der Waals surface area (Å²) in [5.41, 5.74) is 0.427. The molecule has 3 rings (SSSR count). The molecule has 0 aliphatic rings. The fraction of sp³-hybridized carbons (Fsp3) is 0.0714. The van der Waals surface area contributed by atoms with E-state index in [4.69, 9.17) is 0 Å². The van der Waals surface area contributed by atoms with Crippen LogP contribution in [0.3, 0.4) is 0 Å². The van der Waals surface area contributed by atoms with Crippen LogP contribution >= 0.6 is 0 Å². The van der Waals surface area contributed by atoms with Gasteiger partial charge in [0, 0.05) is 11.8 Å². The summed E-state index contributed by atoms with van der Waals surface area (Å²) < 4.78 is 40.7. The van der Waals surface area contributed by atoms with Crippen LogP contribution in [0, 0.1) is 0 Å². The summed E-state index contributed by atoms with van der Waals surface area (Å²) in [5.74, 6) is 0. The molecule has 1 aromatic carbocycles. The zero-order chi connectivity index (χ0) is 13.5. The molecule has 5 heteroatoms. The summed E-state index contributed by atoms with van der Waals surface area (Å²) >= 11 is 0. The quantitative estimate of drug-likeness (QED) is 0.647. The van der Waals surface area contributed by atoms with E-state index in [1.807, 2.05) is 0 Å². The SMILES string of the molecule is FC(F)(F)c1ccccc1-c1ncn2ccccc12. The van der Waals surface area contributed by atoms with Gasteiger partial charge in [0.1, 0.15) is 0 Å². The fourth-order valence-corrected chi connectivity index (χ4v) is 2.09. The lowest BCUT2D eigenvalue weighted by Gasteiger charge is -2.11. The van der Waals surface area contributed by atoms with Crippen LogP contribution in [-0.4, -0.2) is 9.38 Å². The topological polar surface area (TPSA) is 17.3 Å². The lowest BCUT2D eigenvalue weighted by atomic mass is 10.0. The molecule has 0 saturated heterocycles. The number of nitrogens with zero attached hydrogens (tertiary/aromatic N) is 2. The summed E-state index contributed by atoms with van der Waals surface area (Å²) in [5, 5.41) is 0. The number of alkyl halides is 3. The Labute approximate surface area is 107 Å². The molecule has 0 N–H and O–H groups in total. The molecule has 0 saturated carbocycles. The summed E-state index contributed by atoms with van der Waals surface area (Å²) in [6.45, 7) is 0. The van der Waals surface area contributed by atoms with E-state index in [1.54, 1.807) is 34.9 Å². The molecule has 0 spiro atoms. The summed E-state index contributed by atoms with van der Waals surface area (Å²) in [6.07, 6.45) is -1.12. The van der Waals surface area contributed by atoms with Crippen molar-refractivity contribution in [2.24, 2.45) is 0 Å². The number of hydrogen-bond acceptors (Lipinski definition) is 1. The number of aromatic nitrogens is 2. The molecule has 0 amide bonds. The van der Waals surface area contributed by atoms with Crippen LogP contribution in [0.2, 0.25) is 0 Å². The van der Waals surface area contributed by atoms with Crippen molar-refractivity contribution in [3.05, 3.63) is 60.6 Å². The third-order valence-electron chi connectivity index (χ3n) is 2.93. The molecule has 2 aromatic heterocycles. The molecule has 2 heterocycles. The van der Waals surface area contributed by atoms with Crippen LogP contribution in [0.25, 0.3) is 16.8 Å².